The number of fused-ring (bicyclic) bond motifs is 1. The number of nitrogens with one attached hydrogen (secondary N) is 2. The summed E-state index contributed by atoms with van der Waals surface area (Å²) in [4.78, 5) is 44.2. The highest BCUT2D eigenvalue weighted by Gasteiger charge is 2.18. The summed E-state index contributed by atoms with van der Waals surface area (Å²) in [6, 6.07) is 8.19. The Bertz CT molecular complexity index is 1020. The summed E-state index contributed by atoms with van der Waals surface area (Å²) in [6.07, 6.45) is 0. The SMILES string of the molecule is COC(=O)c1cc(-c2ccc(Cl)cc2)nc2[nH]c(=O)[nH]c(=O)c12. The van der Waals surface area contributed by atoms with Crippen LogP contribution in [-0.4, -0.2) is 28.0 Å². The molecule has 2 N–H and O–H groups in total. The molecule has 2 heterocycles. The number of esters is 1. The summed E-state index contributed by atoms with van der Waals surface area (Å²) >= 11 is 5.85. The highest BCUT2D eigenvalue weighted by molar-refractivity contribution is 6.30. The number of aromatic nitrogens is 3. The van der Waals surface area contributed by atoms with Crippen molar-refractivity contribution in [2.24, 2.45) is 0 Å². The molecule has 0 fully saturated rings. The van der Waals surface area contributed by atoms with Gasteiger partial charge in [-0.2, -0.15) is 0 Å². The van der Waals surface area contributed by atoms with Crippen LogP contribution in [0.15, 0.2) is 39.9 Å². The summed E-state index contributed by atoms with van der Waals surface area (Å²) in [5.41, 5.74) is -0.330. The van der Waals surface area contributed by atoms with Crippen molar-refractivity contribution in [1.29, 1.82) is 0 Å². The van der Waals surface area contributed by atoms with E-state index >= 15 is 0 Å². The van der Waals surface area contributed by atoms with Gasteiger partial charge in [0.1, 0.15) is 5.65 Å². The second-order valence-electron chi connectivity index (χ2n) is 4.69. The van der Waals surface area contributed by atoms with E-state index in [9.17, 15) is 14.4 Å². The first kappa shape index (κ1) is 15.0. The number of rotatable bonds is 2. The third kappa shape index (κ3) is 2.74. The van der Waals surface area contributed by atoms with Gasteiger partial charge in [0, 0.05) is 10.6 Å². The number of H-pyrrole nitrogens is 2. The molecule has 0 spiro atoms. The van der Waals surface area contributed by atoms with E-state index in [0.29, 0.717) is 16.3 Å². The minimum Gasteiger partial charge on any atom is -0.465 e. The number of pyridine rings is 1. The van der Waals surface area contributed by atoms with E-state index in [1.807, 2.05) is 0 Å². The Kier molecular flexibility index (Phi) is 3.71. The molecular formula is C15H10ClN3O4. The summed E-state index contributed by atoms with van der Waals surface area (Å²) in [7, 11) is 1.20. The van der Waals surface area contributed by atoms with Crippen molar-refractivity contribution in [1.82, 2.24) is 15.0 Å². The standard InChI is InChI=1S/C15H10ClN3O4/c1-23-14(21)9-6-10(7-2-4-8(16)5-3-7)17-12-11(9)13(20)19-15(22)18-12/h2-6H,1H3,(H2,17,18,19,20,22). The fourth-order valence-corrected chi connectivity index (χ4v) is 2.34. The molecule has 0 atom stereocenters. The molecule has 3 rings (SSSR count). The fourth-order valence-electron chi connectivity index (χ4n) is 2.21. The summed E-state index contributed by atoms with van der Waals surface area (Å²) in [6.45, 7) is 0. The van der Waals surface area contributed by atoms with E-state index in [-0.39, 0.29) is 16.6 Å². The molecule has 0 bridgehead atoms. The Labute approximate surface area is 133 Å². The average Bonchev–Trinajstić information content (AvgIpc) is 2.53. The third-order valence-corrected chi connectivity index (χ3v) is 3.50. The van der Waals surface area contributed by atoms with Gasteiger partial charge in [0.2, 0.25) is 0 Å². The topological polar surface area (TPSA) is 105 Å². The van der Waals surface area contributed by atoms with Crippen LogP contribution in [0.4, 0.5) is 0 Å². The normalized spacial score (nSPS) is 10.7. The molecule has 0 saturated heterocycles. The number of nitrogens with zero attached hydrogens (tertiary/aromatic N) is 1. The number of hydrogen-bond donors (Lipinski definition) is 2. The molecule has 0 aliphatic carbocycles. The van der Waals surface area contributed by atoms with Gasteiger partial charge in [-0.05, 0) is 18.2 Å². The predicted molar refractivity (Wildman–Crippen MR) is 84.8 cm³/mol. The number of ether oxygens (including phenoxy) is 1. The van der Waals surface area contributed by atoms with Crippen molar-refractivity contribution in [3.63, 3.8) is 0 Å². The van der Waals surface area contributed by atoms with Crippen molar-refractivity contribution >= 4 is 28.6 Å². The van der Waals surface area contributed by atoms with Crippen LogP contribution in [0.1, 0.15) is 10.4 Å². The maximum atomic E-state index is 12.0. The van der Waals surface area contributed by atoms with Crippen LogP contribution in [0.3, 0.4) is 0 Å². The number of carbonyl (C=O) groups is 1. The highest BCUT2D eigenvalue weighted by atomic mass is 35.5. The first-order valence-corrected chi connectivity index (χ1v) is 6.89. The van der Waals surface area contributed by atoms with Gasteiger partial charge in [0.25, 0.3) is 5.56 Å². The van der Waals surface area contributed by atoms with Crippen molar-refractivity contribution in [2.45, 2.75) is 0 Å². The molecule has 116 valence electrons. The lowest BCUT2D eigenvalue weighted by atomic mass is 10.1. The molecule has 7 nitrogen and oxygen atoms in total. The van der Waals surface area contributed by atoms with E-state index < -0.39 is 17.2 Å². The minimum absolute atomic E-state index is 0.00611. The molecule has 8 heteroatoms. The van der Waals surface area contributed by atoms with E-state index in [0.717, 1.165) is 0 Å². The average molecular weight is 332 g/mol. The highest BCUT2D eigenvalue weighted by Crippen LogP contribution is 2.23. The van der Waals surface area contributed by atoms with Crippen molar-refractivity contribution in [2.75, 3.05) is 7.11 Å². The number of halogens is 1. The molecule has 0 amide bonds. The zero-order chi connectivity index (χ0) is 16.6. The maximum absolute atomic E-state index is 12.0. The van der Waals surface area contributed by atoms with Gasteiger partial charge < -0.3 is 4.74 Å². The van der Waals surface area contributed by atoms with Crippen LogP contribution in [0.25, 0.3) is 22.3 Å². The first-order valence-electron chi connectivity index (χ1n) is 6.51. The Morgan fingerprint density at radius 3 is 2.52 bits per heavy atom. The maximum Gasteiger partial charge on any atom is 0.338 e. The lowest BCUT2D eigenvalue weighted by Crippen LogP contribution is -2.24. The van der Waals surface area contributed by atoms with Crippen LogP contribution >= 0.6 is 11.6 Å². The smallest absolute Gasteiger partial charge is 0.338 e. The zero-order valence-electron chi connectivity index (χ0n) is 11.8. The molecule has 0 aliphatic heterocycles. The largest absolute Gasteiger partial charge is 0.465 e. The van der Waals surface area contributed by atoms with Crippen molar-refractivity contribution in [3.8, 4) is 11.3 Å². The lowest BCUT2D eigenvalue weighted by Gasteiger charge is -2.07. The Morgan fingerprint density at radius 1 is 1.17 bits per heavy atom. The van der Waals surface area contributed by atoms with Crippen LogP contribution in [-0.2, 0) is 4.74 Å². The number of aromatic amines is 2. The number of hydrogen-bond acceptors (Lipinski definition) is 5. The number of carbonyl (C=O) groups excluding carboxylic acids is 1. The van der Waals surface area contributed by atoms with Crippen LogP contribution in [0, 0.1) is 0 Å². The van der Waals surface area contributed by atoms with E-state index in [2.05, 4.69) is 15.0 Å². The van der Waals surface area contributed by atoms with E-state index in [1.165, 1.54) is 13.2 Å². The Morgan fingerprint density at radius 2 is 1.87 bits per heavy atom. The lowest BCUT2D eigenvalue weighted by molar-refractivity contribution is 0.0603. The summed E-state index contributed by atoms with van der Waals surface area (Å²) < 4.78 is 4.71. The third-order valence-electron chi connectivity index (χ3n) is 3.25. The van der Waals surface area contributed by atoms with E-state index in [4.69, 9.17) is 16.3 Å². The second-order valence-corrected chi connectivity index (χ2v) is 5.12. The van der Waals surface area contributed by atoms with Gasteiger partial charge in [0.05, 0.1) is 23.8 Å². The number of benzene rings is 1. The van der Waals surface area contributed by atoms with Crippen LogP contribution in [0.5, 0.6) is 0 Å². The molecule has 23 heavy (non-hydrogen) atoms. The van der Waals surface area contributed by atoms with Gasteiger partial charge >= 0.3 is 11.7 Å². The van der Waals surface area contributed by atoms with Gasteiger partial charge in [0.15, 0.2) is 0 Å². The molecule has 0 radical (unpaired) electrons. The fraction of sp³-hybridized carbons (Fsp3) is 0.0667. The van der Waals surface area contributed by atoms with Gasteiger partial charge in [-0.25, -0.2) is 14.6 Å². The monoisotopic (exact) mass is 331 g/mol. The van der Waals surface area contributed by atoms with Crippen LogP contribution in [0.2, 0.25) is 5.02 Å². The molecule has 1 aromatic carbocycles. The first-order chi connectivity index (χ1) is 11.0. The van der Waals surface area contributed by atoms with Gasteiger partial charge in [-0.1, -0.05) is 23.7 Å². The molecular weight excluding hydrogens is 322 g/mol. The zero-order valence-corrected chi connectivity index (χ0v) is 12.6. The summed E-state index contributed by atoms with van der Waals surface area (Å²) in [5.74, 6) is -0.704. The van der Waals surface area contributed by atoms with Crippen LogP contribution < -0.4 is 11.2 Å². The molecule has 0 aliphatic rings. The van der Waals surface area contributed by atoms with Crippen molar-refractivity contribution < 1.29 is 9.53 Å². The quantitative estimate of drug-likeness (QED) is 0.696. The summed E-state index contributed by atoms with van der Waals surface area (Å²) in [5, 5.41) is 0.516. The molecule has 0 saturated carbocycles. The molecule has 2 aromatic heterocycles. The predicted octanol–water partition coefficient (Wildman–Crippen LogP) is 1.72. The van der Waals surface area contributed by atoms with Gasteiger partial charge in [-0.15, -0.1) is 0 Å². The Hall–Kier alpha value is -2.93. The van der Waals surface area contributed by atoms with Crippen molar-refractivity contribution in [3.05, 3.63) is 61.8 Å². The molecule has 0 unspecified atom stereocenters. The van der Waals surface area contributed by atoms with E-state index in [1.54, 1.807) is 24.3 Å². The molecule has 3 aromatic rings. The second kappa shape index (κ2) is 5.69. The number of methoxy groups -OCH3 is 1. The minimum atomic E-state index is -0.709. The van der Waals surface area contributed by atoms with Gasteiger partial charge in [-0.3, -0.25) is 14.8 Å². The Balaban J connectivity index is 2.37.